The predicted octanol–water partition coefficient (Wildman–Crippen LogP) is 2.09. The number of hydrogen-bond donors (Lipinski definition) is 3. The van der Waals surface area contributed by atoms with Crippen LogP contribution in [0.2, 0.25) is 0 Å². The van der Waals surface area contributed by atoms with E-state index < -0.39 is 0 Å². The number of amides is 1. The number of rotatable bonds is 10. The van der Waals surface area contributed by atoms with Gasteiger partial charge in [0, 0.05) is 38.8 Å². The summed E-state index contributed by atoms with van der Waals surface area (Å²) in [5, 5.41) is 10.1. The van der Waals surface area contributed by atoms with Gasteiger partial charge in [-0.3, -0.25) is 20.3 Å². The van der Waals surface area contributed by atoms with E-state index in [4.69, 9.17) is 18.9 Å². The van der Waals surface area contributed by atoms with Crippen molar-refractivity contribution in [3.05, 3.63) is 0 Å². The van der Waals surface area contributed by atoms with Crippen LogP contribution >= 0.6 is 0 Å². The second-order valence-electron chi connectivity index (χ2n) is 13.0. The Kier molecular flexibility index (Phi) is 12.3. The first-order chi connectivity index (χ1) is 19.6. The Labute approximate surface area is 241 Å². The van der Waals surface area contributed by atoms with Crippen LogP contribution in [0.15, 0.2) is 0 Å². The molecule has 0 radical (unpaired) electrons. The van der Waals surface area contributed by atoms with E-state index in [2.05, 4.69) is 32.8 Å². The fraction of sp³-hybridized carbons (Fsp3) is 0.967. The zero-order chi connectivity index (χ0) is 27.6. The molecule has 230 valence electrons. The van der Waals surface area contributed by atoms with E-state index in [1.165, 1.54) is 51.4 Å². The monoisotopic (exact) mass is 565 g/mol. The summed E-state index contributed by atoms with van der Waals surface area (Å²) < 4.78 is 23.9. The van der Waals surface area contributed by atoms with E-state index in [1.54, 1.807) is 0 Å². The normalized spacial score (nSPS) is 35.8. The molecule has 10 heteroatoms. The van der Waals surface area contributed by atoms with E-state index in [0.717, 1.165) is 52.0 Å². The van der Waals surface area contributed by atoms with Crippen LogP contribution in [0.5, 0.6) is 0 Å². The number of piperidine rings is 1. The van der Waals surface area contributed by atoms with E-state index in [9.17, 15) is 4.79 Å². The van der Waals surface area contributed by atoms with Gasteiger partial charge in [-0.25, -0.2) is 0 Å². The maximum absolute atomic E-state index is 12.7. The molecule has 2 saturated carbocycles. The molecule has 0 spiro atoms. The molecule has 3 aliphatic heterocycles. The van der Waals surface area contributed by atoms with E-state index in [0.29, 0.717) is 69.5 Å². The molecule has 6 atom stereocenters. The Hall–Kier alpha value is -0.850. The smallest absolute Gasteiger partial charge is 0.239 e. The molecule has 3 N–H and O–H groups in total. The minimum absolute atomic E-state index is 0.0819. The number of nitrogens with one attached hydrogen (secondary N) is 3. The molecular formula is C30H55N5O5. The van der Waals surface area contributed by atoms with Crippen molar-refractivity contribution in [2.24, 2.45) is 17.8 Å². The second kappa shape index (κ2) is 16.1. The van der Waals surface area contributed by atoms with Gasteiger partial charge in [-0.05, 0) is 95.4 Å². The summed E-state index contributed by atoms with van der Waals surface area (Å²) in [4.78, 5) is 17.3. The molecule has 0 aromatic carbocycles. The van der Waals surface area contributed by atoms with Gasteiger partial charge in [-0.15, -0.1) is 0 Å². The summed E-state index contributed by atoms with van der Waals surface area (Å²) in [7, 11) is 2.20. The Morgan fingerprint density at radius 2 is 1.85 bits per heavy atom. The highest BCUT2D eigenvalue weighted by Gasteiger charge is 2.37. The topological polar surface area (TPSA) is 96.6 Å². The molecule has 5 rings (SSSR count). The maximum Gasteiger partial charge on any atom is 0.239 e. The third kappa shape index (κ3) is 9.33. The van der Waals surface area contributed by atoms with E-state index >= 15 is 0 Å². The highest BCUT2D eigenvalue weighted by atomic mass is 16.5. The minimum atomic E-state index is -0.0982. The largest absolute Gasteiger partial charge is 0.375 e. The van der Waals surface area contributed by atoms with Crippen molar-refractivity contribution in [3.63, 3.8) is 0 Å². The van der Waals surface area contributed by atoms with Crippen LogP contribution in [0.3, 0.4) is 0 Å². The predicted molar refractivity (Wildman–Crippen MR) is 153 cm³/mol. The van der Waals surface area contributed by atoms with E-state index in [1.807, 2.05) is 0 Å². The van der Waals surface area contributed by atoms with Crippen LogP contribution in [-0.4, -0.2) is 113 Å². The van der Waals surface area contributed by atoms with Gasteiger partial charge in [0.15, 0.2) is 0 Å². The van der Waals surface area contributed by atoms with Gasteiger partial charge in [0.05, 0.1) is 45.0 Å². The first-order valence-electron chi connectivity index (χ1n) is 16.2. The SMILES string of the molecule is CN1CCC(OC2CCCC(NCOCNCC3CCC4CN(C5CCCOCNC5=O)COCC4C3)C2)CC1. The number of hydrogen-bond acceptors (Lipinski definition) is 9. The molecule has 2 aliphatic carbocycles. The van der Waals surface area contributed by atoms with Gasteiger partial charge in [0.2, 0.25) is 5.91 Å². The van der Waals surface area contributed by atoms with Crippen LogP contribution in [0.4, 0.5) is 0 Å². The highest BCUT2D eigenvalue weighted by molar-refractivity contribution is 5.81. The van der Waals surface area contributed by atoms with Crippen molar-refractivity contribution < 1.29 is 23.7 Å². The zero-order valence-electron chi connectivity index (χ0n) is 24.8. The third-order valence-corrected chi connectivity index (χ3v) is 9.95. The lowest BCUT2D eigenvalue weighted by Gasteiger charge is -2.37. The van der Waals surface area contributed by atoms with Gasteiger partial charge in [-0.2, -0.15) is 0 Å². The van der Waals surface area contributed by atoms with Crippen molar-refractivity contribution in [1.82, 2.24) is 25.8 Å². The molecule has 40 heavy (non-hydrogen) atoms. The van der Waals surface area contributed by atoms with Crippen LogP contribution in [0, 0.1) is 17.8 Å². The lowest BCUT2D eigenvalue weighted by Crippen LogP contribution is -2.50. The minimum Gasteiger partial charge on any atom is -0.375 e. The molecule has 0 aromatic heterocycles. The quantitative estimate of drug-likeness (QED) is 0.272. The van der Waals surface area contributed by atoms with Crippen molar-refractivity contribution in [2.75, 3.05) is 73.4 Å². The fourth-order valence-corrected chi connectivity index (χ4v) is 7.53. The standard InChI is InChI=1S/C30H55N5O5/c1-34-11-9-27(10-12-34)40-28-5-2-4-26(15-28)32-20-39-19-31-16-23-7-8-24-17-35(22-38-18-25(24)14-23)29-6-3-13-37-21-33-30(29)36/h23-29,31-32H,2-22H2,1H3,(H,33,36). The molecule has 0 aromatic rings. The van der Waals surface area contributed by atoms with Gasteiger partial charge in [0.25, 0.3) is 0 Å². The van der Waals surface area contributed by atoms with Gasteiger partial charge >= 0.3 is 0 Å². The average Bonchev–Trinajstić information content (AvgIpc) is 3.16. The summed E-state index contributed by atoms with van der Waals surface area (Å²) in [5.74, 6) is 1.92. The number of likely N-dealkylation sites (tertiary alicyclic amines) is 1. The number of carbonyl (C=O) groups is 1. The number of carbonyl (C=O) groups excluding carboxylic acids is 1. The number of nitrogens with zero attached hydrogens (tertiary/aromatic N) is 2. The van der Waals surface area contributed by atoms with E-state index in [-0.39, 0.29) is 11.9 Å². The van der Waals surface area contributed by atoms with Crippen molar-refractivity contribution in [1.29, 1.82) is 0 Å². The summed E-state index contributed by atoms with van der Waals surface area (Å²) in [6.45, 7) is 7.85. The van der Waals surface area contributed by atoms with Gasteiger partial charge in [0.1, 0.15) is 6.73 Å². The molecule has 3 saturated heterocycles. The summed E-state index contributed by atoms with van der Waals surface area (Å²) in [6.07, 6.45) is 13.3. The molecule has 1 amide bonds. The van der Waals surface area contributed by atoms with Crippen molar-refractivity contribution in [3.8, 4) is 0 Å². The molecule has 10 nitrogen and oxygen atoms in total. The highest BCUT2D eigenvalue weighted by Crippen LogP contribution is 2.36. The summed E-state index contributed by atoms with van der Waals surface area (Å²) >= 11 is 0. The lowest BCUT2D eigenvalue weighted by molar-refractivity contribution is -0.132. The van der Waals surface area contributed by atoms with Crippen LogP contribution < -0.4 is 16.0 Å². The van der Waals surface area contributed by atoms with Crippen molar-refractivity contribution in [2.45, 2.75) is 94.9 Å². The Morgan fingerprint density at radius 1 is 0.950 bits per heavy atom. The second-order valence-corrected chi connectivity index (χ2v) is 13.0. The average molecular weight is 566 g/mol. The third-order valence-electron chi connectivity index (χ3n) is 9.95. The molecule has 5 fully saturated rings. The zero-order valence-corrected chi connectivity index (χ0v) is 24.8. The van der Waals surface area contributed by atoms with Crippen molar-refractivity contribution >= 4 is 5.91 Å². The number of ether oxygens (including phenoxy) is 4. The molecule has 3 heterocycles. The van der Waals surface area contributed by atoms with Gasteiger partial charge in [-0.1, -0.05) is 0 Å². The van der Waals surface area contributed by atoms with Crippen LogP contribution in [0.1, 0.15) is 70.6 Å². The first kappa shape index (κ1) is 30.6. The Morgan fingerprint density at radius 3 is 2.75 bits per heavy atom. The Bertz CT molecular complexity index is 754. The number of fused-ring (bicyclic) bond motifs is 1. The van der Waals surface area contributed by atoms with Gasteiger partial charge < -0.3 is 29.2 Å². The van der Waals surface area contributed by atoms with Crippen LogP contribution in [0.25, 0.3) is 0 Å². The lowest BCUT2D eigenvalue weighted by atomic mass is 9.74. The molecule has 0 bridgehead atoms. The summed E-state index contributed by atoms with van der Waals surface area (Å²) in [6, 6.07) is 0.399. The maximum atomic E-state index is 12.7. The molecular weight excluding hydrogens is 510 g/mol. The summed E-state index contributed by atoms with van der Waals surface area (Å²) in [5.41, 5.74) is 0. The fourth-order valence-electron chi connectivity index (χ4n) is 7.53. The molecule has 5 aliphatic rings. The molecule has 6 unspecified atom stereocenters. The Balaban J connectivity index is 0.935. The first-order valence-corrected chi connectivity index (χ1v) is 16.2. The van der Waals surface area contributed by atoms with Crippen LogP contribution in [-0.2, 0) is 23.7 Å².